The predicted octanol–water partition coefficient (Wildman–Crippen LogP) is 2.38. The molecule has 0 aliphatic rings. The van der Waals surface area contributed by atoms with Crippen LogP contribution in [-0.2, 0) is 4.79 Å². The molecule has 2 N–H and O–H groups in total. The summed E-state index contributed by atoms with van der Waals surface area (Å²) in [6.07, 6.45) is 2.55. The molecule has 0 bridgehead atoms. The molecule has 0 aliphatic carbocycles. The van der Waals surface area contributed by atoms with Gasteiger partial charge in [0.25, 0.3) is 0 Å². The van der Waals surface area contributed by atoms with Gasteiger partial charge in [-0.15, -0.1) is 0 Å². The molecule has 1 amide bonds. The Morgan fingerprint density at radius 2 is 2.33 bits per heavy atom. The molecule has 5 heteroatoms. The summed E-state index contributed by atoms with van der Waals surface area (Å²) in [6, 6.07) is 4.32. The molecule has 1 rings (SSSR count). The average molecular weight is 272 g/mol. The second-order valence-electron chi connectivity index (χ2n) is 3.90. The molecule has 0 heterocycles. The Balaban J connectivity index is 2.56. The normalized spacial score (nSPS) is 12.7. The molecule has 1 aromatic rings. The Morgan fingerprint density at radius 1 is 1.61 bits per heavy atom. The van der Waals surface area contributed by atoms with Crippen LogP contribution >= 0.6 is 11.6 Å². The maximum absolute atomic E-state index is 13.4. The van der Waals surface area contributed by atoms with Gasteiger partial charge in [0.2, 0.25) is 5.91 Å². The van der Waals surface area contributed by atoms with Gasteiger partial charge < -0.3 is 10.4 Å². The van der Waals surface area contributed by atoms with Crippen molar-refractivity contribution in [2.45, 2.75) is 19.4 Å². The second-order valence-corrected chi connectivity index (χ2v) is 4.30. The van der Waals surface area contributed by atoms with Crippen molar-refractivity contribution in [1.29, 1.82) is 0 Å². The van der Waals surface area contributed by atoms with Gasteiger partial charge in [-0.3, -0.25) is 4.79 Å². The van der Waals surface area contributed by atoms with E-state index in [1.54, 1.807) is 13.0 Å². The summed E-state index contributed by atoms with van der Waals surface area (Å²) in [5, 5.41) is 11.8. The highest BCUT2D eigenvalue weighted by Crippen LogP contribution is 2.20. The monoisotopic (exact) mass is 271 g/mol. The maximum Gasteiger partial charge on any atom is 0.244 e. The first kappa shape index (κ1) is 14.7. The van der Waals surface area contributed by atoms with Crippen LogP contribution in [0.2, 0.25) is 5.02 Å². The molecule has 0 radical (unpaired) electrons. The fraction of sp³-hybridized carbons (Fsp3) is 0.308. The zero-order valence-electron chi connectivity index (χ0n) is 9.99. The summed E-state index contributed by atoms with van der Waals surface area (Å²) in [7, 11) is 0. The van der Waals surface area contributed by atoms with Crippen molar-refractivity contribution in [2.24, 2.45) is 0 Å². The number of halogens is 2. The zero-order chi connectivity index (χ0) is 13.5. The topological polar surface area (TPSA) is 49.3 Å². The molecule has 1 atom stereocenters. The maximum atomic E-state index is 13.4. The van der Waals surface area contributed by atoms with Crippen LogP contribution in [0.1, 0.15) is 18.9 Å². The second kappa shape index (κ2) is 7.13. The summed E-state index contributed by atoms with van der Waals surface area (Å²) in [6.45, 7) is 2.01. The summed E-state index contributed by atoms with van der Waals surface area (Å²) < 4.78 is 13.4. The average Bonchev–Trinajstić information content (AvgIpc) is 2.27. The molecule has 0 aliphatic heterocycles. The minimum atomic E-state index is -0.476. The van der Waals surface area contributed by atoms with E-state index in [9.17, 15) is 9.18 Å². The van der Waals surface area contributed by atoms with Gasteiger partial charge in [-0.25, -0.2) is 4.39 Å². The van der Waals surface area contributed by atoms with Gasteiger partial charge >= 0.3 is 0 Å². The van der Waals surface area contributed by atoms with Crippen LogP contribution in [0.5, 0.6) is 0 Å². The van der Waals surface area contributed by atoms with Crippen molar-refractivity contribution in [3.8, 4) is 0 Å². The highest BCUT2D eigenvalue weighted by Gasteiger charge is 2.04. The molecule has 18 heavy (non-hydrogen) atoms. The minimum absolute atomic E-state index is 0.185. The lowest BCUT2D eigenvalue weighted by atomic mass is 10.2. The van der Waals surface area contributed by atoms with Crippen molar-refractivity contribution >= 4 is 23.6 Å². The van der Waals surface area contributed by atoms with E-state index in [1.165, 1.54) is 24.3 Å². The van der Waals surface area contributed by atoms with E-state index < -0.39 is 11.9 Å². The van der Waals surface area contributed by atoms with E-state index in [4.69, 9.17) is 16.7 Å². The lowest BCUT2D eigenvalue weighted by molar-refractivity contribution is -0.116. The van der Waals surface area contributed by atoms with E-state index in [0.717, 1.165) is 0 Å². The first-order chi connectivity index (χ1) is 8.50. The summed E-state index contributed by atoms with van der Waals surface area (Å²) in [4.78, 5) is 11.4. The van der Waals surface area contributed by atoms with Gasteiger partial charge in [-0.2, -0.15) is 0 Å². The number of rotatable bonds is 5. The van der Waals surface area contributed by atoms with Crippen molar-refractivity contribution in [3.63, 3.8) is 0 Å². The van der Waals surface area contributed by atoms with Gasteiger partial charge in [-0.05, 0) is 31.6 Å². The van der Waals surface area contributed by atoms with E-state index in [1.807, 2.05) is 0 Å². The van der Waals surface area contributed by atoms with Gasteiger partial charge in [-0.1, -0.05) is 17.7 Å². The highest BCUT2D eigenvalue weighted by atomic mass is 35.5. The van der Waals surface area contributed by atoms with Gasteiger partial charge in [0.1, 0.15) is 5.82 Å². The molecule has 1 aromatic carbocycles. The molecule has 1 unspecified atom stereocenters. The Hall–Kier alpha value is -1.39. The number of carbonyl (C=O) groups excluding carboxylic acids is 1. The standard InChI is InChI=1S/C13H15ClFNO2/c1-9(17)7-8-16-13(18)6-5-10-11(14)3-2-4-12(10)15/h2-6,9,17H,7-8H2,1H3,(H,16,18). The highest BCUT2D eigenvalue weighted by molar-refractivity contribution is 6.32. The van der Waals surface area contributed by atoms with Crippen LogP contribution < -0.4 is 5.32 Å². The summed E-state index contributed by atoms with van der Waals surface area (Å²) in [5.41, 5.74) is 0.185. The largest absolute Gasteiger partial charge is 0.393 e. The fourth-order valence-electron chi connectivity index (χ4n) is 1.29. The van der Waals surface area contributed by atoms with Crippen LogP contribution in [0.4, 0.5) is 4.39 Å². The van der Waals surface area contributed by atoms with Crippen LogP contribution in [0.25, 0.3) is 6.08 Å². The van der Waals surface area contributed by atoms with Crippen LogP contribution in [-0.4, -0.2) is 23.7 Å². The van der Waals surface area contributed by atoms with Gasteiger partial charge in [0, 0.05) is 18.2 Å². The Labute approximate surface area is 110 Å². The third-order valence-electron chi connectivity index (χ3n) is 2.26. The molecule has 0 fully saturated rings. The van der Waals surface area contributed by atoms with E-state index in [-0.39, 0.29) is 16.5 Å². The number of hydrogen-bond acceptors (Lipinski definition) is 2. The summed E-state index contributed by atoms with van der Waals surface area (Å²) >= 11 is 5.80. The fourth-order valence-corrected chi connectivity index (χ4v) is 1.52. The SMILES string of the molecule is CC(O)CCNC(=O)C=Cc1c(F)cccc1Cl. The zero-order valence-corrected chi connectivity index (χ0v) is 10.7. The van der Waals surface area contributed by atoms with Crippen molar-refractivity contribution < 1.29 is 14.3 Å². The molecular weight excluding hydrogens is 257 g/mol. The van der Waals surface area contributed by atoms with Gasteiger partial charge in [0.15, 0.2) is 0 Å². The number of aliphatic hydroxyl groups excluding tert-OH is 1. The van der Waals surface area contributed by atoms with E-state index in [2.05, 4.69) is 5.32 Å². The predicted molar refractivity (Wildman–Crippen MR) is 69.8 cm³/mol. The Bertz CT molecular complexity index is 426. The third-order valence-corrected chi connectivity index (χ3v) is 2.59. The third kappa shape index (κ3) is 4.85. The van der Waals surface area contributed by atoms with Crippen molar-refractivity contribution in [1.82, 2.24) is 5.32 Å². The first-order valence-electron chi connectivity index (χ1n) is 5.58. The number of hydrogen-bond donors (Lipinski definition) is 2. The minimum Gasteiger partial charge on any atom is -0.393 e. The molecular formula is C13H15ClFNO2. The number of nitrogens with one attached hydrogen (secondary N) is 1. The molecule has 3 nitrogen and oxygen atoms in total. The summed E-state index contributed by atoms with van der Waals surface area (Å²) in [5.74, 6) is -0.828. The molecule has 0 saturated carbocycles. The lowest BCUT2D eigenvalue weighted by Gasteiger charge is -2.04. The van der Waals surface area contributed by atoms with Crippen LogP contribution in [0.3, 0.4) is 0 Å². The Morgan fingerprint density at radius 3 is 2.94 bits per heavy atom. The molecule has 0 spiro atoms. The number of benzene rings is 1. The quantitative estimate of drug-likeness (QED) is 0.808. The number of aliphatic hydroxyl groups is 1. The number of carbonyl (C=O) groups is 1. The van der Waals surface area contributed by atoms with Crippen LogP contribution in [0.15, 0.2) is 24.3 Å². The molecule has 98 valence electrons. The Kier molecular flexibility index (Phi) is 5.82. The molecule has 0 saturated heterocycles. The smallest absolute Gasteiger partial charge is 0.244 e. The van der Waals surface area contributed by atoms with Gasteiger partial charge in [0.05, 0.1) is 11.1 Å². The number of amides is 1. The van der Waals surface area contributed by atoms with E-state index >= 15 is 0 Å². The van der Waals surface area contributed by atoms with Crippen molar-refractivity contribution in [2.75, 3.05) is 6.54 Å². The van der Waals surface area contributed by atoms with Crippen LogP contribution in [0, 0.1) is 5.82 Å². The van der Waals surface area contributed by atoms with E-state index in [0.29, 0.717) is 13.0 Å². The molecule has 0 aromatic heterocycles. The van der Waals surface area contributed by atoms with Crippen molar-refractivity contribution in [3.05, 3.63) is 40.7 Å². The lowest BCUT2D eigenvalue weighted by Crippen LogP contribution is -2.24. The first-order valence-corrected chi connectivity index (χ1v) is 5.96.